The summed E-state index contributed by atoms with van der Waals surface area (Å²) in [6, 6.07) is 9.38. The molecule has 138 valence electrons. The molecule has 1 heterocycles. The van der Waals surface area contributed by atoms with Crippen LogP contribution < -0.4 is 15.3 Å². The largest absolute Gasteiger partial charge is 0.376 e. The Morgan fingerprint density at radius 3 is 2.08 bits per heavy atom. The zero-order chi connectivity index (χ0) is 19.2. The van der Waals surface area contributed by atoms with Crippen molar-refractivity contribution in [1.82, 2.24) is 9.13 Å². The highest BCUT2D eigenvalue weighted by atomic mass is 35.5. The van der Waals surface area contributed by atoms with Crippen LogP contribution in [0, 0.1) is 0 Å². The first-order valence-electron chi connectivity index (χ1n) is 7.77. The Hall–Kier alpha value is -2.45. The van der Waals surface area contributed by atoms with Gasteiger partial charge in [-0.1, -0.05) is 11.6 Å². The smallest absolute Gasteiger partial charge is 0.328 e. The summed E-state index contributed by atoms with van der Waals surface area (Å²) in [6.07, 6.45) is 0. The maximum atomic E-state index is 12.7. The normalized spacial score (nSPS) is 11.7. The number of fused-ring (bicyclic) bond motifs is 1. The lowest BCUT2D eigenvalue weighted by molar-refractivity contribution is 0.601. The molecule has 0 saturated carbocycles. The van der Waals surface area contributed by atoms with Gasteiger partial charge in [0, 0.05) is 33.2 Å². The molecular weight excluding hydrogens is 376 g/mol. The first kappa shape index (κ1) is 18.3. The molecule has 9 heteroatoms. The fraction of sp³-hybridized carbons (Fsp3) is 0.235. The molecule has 0 unspecified atom stereocenters. The molecule has 0 bridgehead atoms. The van der Waals surface area contributed by atoms with E-state index in [1.807, 2.05) is 14.1 Å². The van der Waals surface area contributed by atoms with Crippen LogP contribution in [-0.2, 0) is 24.1 Å². The molecule has 0 aliphatic carbocycles. The third-order valence-electron chi connectivity index (χ3n) is 4.24. The van der Waals surface area contributed by atoms with Gasteiger partial charge in [0.05, 0.1) is 27.3 Å². The number of imidazole rings is 1. The number of rotatable bonds is 4. The zero-order valence-corrected chi connectivity index (χ0v) is 16.4. The van der Waals surface area contributed by atoms with Crippen molar-refractivity contribution in [3.8, 4) is 0 Å². The molecule has 0 fully saturated rings. The number of hydrogen-bond donors (Lipinski definition) is 1. The minimum absolute atomic E-state index is 0.105. The predicted octanol–water partition coefficient (Wildman–Crippen LogP) is 2.40. The predicted molar refractivity (Wildman–Crippen MR) is 105 cm³/mol. The van der Waals surface area contributed by atoms with E-state index in [-0.39, 0.29) is 10.6 Å². The first-order chi connectivity index (χ1) is 12.1. The summed E-state index contributed by atoms with van der Waals surface area (Å²) in [5.41, 5.74) is 2.21. The molecule has 1 aromatic heterocycles. The van der Waals surface area contributed by atoms with Crippen molar-refractivity contribution in [3.63, 3.8) is 0 Å². The standard InChI is InChI=1S/C17H19ClN4O3S/c1-20(2)14-10-16-15(21(3)17(23)22(16)4)9-13(14)19-26(24,25)12-7-5-11(18)6-8-12/h5-10,19H,1-4H3. The topological polar surface area (TPSA) is 76.3 Å². The Morgan fingerprint density at radius 1 is 1.00 bits per heavy atom. The minimum Gasteiger partial charge on any atom is -0.376 e. The van der Waals surface area contributed by atoms with E-state index in [4.69, 9.17) is 11.6 Å². The van der Waals surface area contributed by atoms with Gasteiger partial charge in [-0.2, -0.15) is 0 Å². The van der Waals surface area contributed by atoms with Crippen LogP contribution in [-0.4, -0.2) is 31.6 Å². The Morgan fingerprint density at radius 2 is 1.54 bits per heavy atom. The molecule has 1 N–H and O–H groups in total. The Bertz CT molecular complexity index is 1150. The summed E-state index contributed by atoms with van der Waals surface area (Å²) < 4.78 is 31.1. The average molecular weight is 395 g/mol. The number of anilines is 2. The van der Waals surface area contributed by atoms with Gasteiger partial charge in [0.25, 0.3) is 10.0 Å². The van der Waals surface area contributed by atoms with Crippen LogP contribution in [0.15, 0.2) is 46.1 Å². The van der Waals surface area contributed by atoms with Gasteiger partial charge in [0.2, 0.25) is 0 Å². The highest BCUT2D eigenvalue weighted by molar-refractivity contribution is 7.92. The van der Waals surface area contributed by atoms with E-state index in [1.54, 1.807) is 31.1 Å². The molecular formula is C17H19ClN4O3S. The highest BCUT2D eigenvalue weighted by Crippen LogP contribution is 2.31. The SMILES string of the molecule is CN(C)c1cc2c(cc1NS(=O)(=O)c1ccc(Cl)cc1)n(C)c(=O)n2C. The lowest BCUT2D eigenvalue weighted by atomic mass is 10.2. The van der Waals surface area contributed by atoms with E-state index in [0.717, 1.165) is 5.52 Å². The molecule has 7 nitrogen and oxygen atoms in total. The average Bonchev–Trinajstić information content (AvgIpc) is 2.78. The molecule has 0 radical (unpaired) electrons. The van der Waals surface area contributed by atoms with Crippen LogP contribution in [0.2, 0.25) is 5.02 Å². The number of benzene rings is 2. The van der Waals surface area contributed by atoms with E-state index < -0.39 is 10.0 Å². The van der Waals surface area contributed by atoms with Gasteiger partial charge in [-0.05, 0) is 36.4 Å². The van der Waals surface area contributed by atoms with Gasteiger partial charge in [-0.25, -0.2) is 13.2 Å². The third kappa shape index (κ3) is 3.06. The van der Waals surface area contributed by atoms with Crippen LogP contribution in [0.3, 0.4) is 0 Å². The molecule has 0 aliphatic rings. The fourth-order valence-electron chi connectivity index (χ4n) is 2.80. The molecule has 0 saturated heterocycles. The van der Waals surface area contributed by atoms with Gasteiger partial charge in [-0.15, -0.1) is 0 Å². The molecule has 0 atom stereocenters. The monoisotopic (exact) mass is 394 g/mol. The second-order valence-corrected chi connectivity index (χ2v) is 8.33. The molecule has 2 aromatic carbocycles. The highest BCUT2D eigenvalue weighted by Gasteiger charge is 2.19. The number of nitrogens with zero attached hydrogens (tertiary/aromatic N) is 3. The van der Waals surface area contributed by atoms with Crippen molar-refractivity contribution in [2.45, 2.75) is 4.90 Å². The summed E-state index contributed by atoms with van der Waals surface area (Å²) in [7, 11) is 3.15. The fourth-order valence-corrected chi connectivity index (χ4v) is 3.99. The lowest BCUT2D eigenvalue weighted by Gasteiger charge is -2.19. The van der Waals surface area contributed by atoms with Crippen molar-refractivity contribution in [2.75, 3.05) is 23.7 Å². The van der Waals surface area contributed by atoms with Gasteiger partial charge in [-0.3, -0.25) is 13.9 Å². The zero-order valence-electron chi connectivity index (χ0n) is 14.8. The van der Waals surface area contributed by atoms with E-state index >= 15 is 0 Å². The van der Waals surface area contributed by atoms with Crippen LogP contribution >= 0.6 is 11.6 Å². The van der Waals surface area contributed by atoms with E-state index in [1.165, 1.54) is 33.4 Å². The van der Waals surface area contributed by atoms with Gasteiger partial charge in [0.15, 0.2) is 0 Å². The van der Waals surface area contributed by atoms with Crippen LogP contribution in [0.5, 0.6) is 0 Å². The van der Waals surface area contributed by atoms with Crippen molar-refractivity contribution in [3.05, 3.63) is 51.9 Å². The van der Waals surface area contributed by atoms with E-state index in [9.17, 15) is 13.2 Å². The molecule has 3 aromatic rings. The Labute approximate surface area is 156 Å². The van der Waals surface area contributed by atoms with E-state index in [2.05, 4.69) is 4.72 Å². The minimum atomic E-state index is -3.80. The maximum Gasteiger partial charge on any atom is 0.328 e. The summed E-state index contributed by atoms with van der Waals surface area (Å²) in [5, 5.41) is 0.457. The van der Waals surface area contributed by atoms with E-state index in [0.29, 0.717) is 21.9 Å². The summed E-state index contributed by atoms with van der Waals surface area (Å²) >= 11 is 5.83. The maximum absolute atomic E-state index is 12.7. The Kier molecular flexibility index (Phi) is 4.49. The second-order valence-electron chi connectivity index (χ2n) is 6.21. The quantitative estimate of drug-likeness (QED) is 0.737. The van der Waals surface area contributed by atoms with Crippen LogP contribution in [0.1, 0.15) is 0 Å². The second kappa shape index (κ2) is 6.37. The number of sulfonamides is 1. The van der Waals surface area contributed by atoms with Crippen molar-refractivity contribution in [1.29, 1.82) is 0 Å². The number of halogens is 1. The molecule has 0 spiro atoms. The number of aryl methyl sites for hydroxylation is 2. The Balaban J connectivity index is 2.17. The van der Waals surface area contributed by atoms with Crippen molar-refractivity contribution >= 4 is 44.0 Å². The lowest BCUT2D eigenvalue weighted by Crippen LogP contribution is -2.19. The van der Waals surface area contributed by atoms with Gasteiger partial charge in [0.1, 0.15) is 0 Å². The van der Waals surface area contributed by atoms with Crippen LogP contribution in [0.4, 0.5) is 11.4 Å². The van der Waals surface area contributed by atoms with Gasteiger partial charge >= 0.3 is 5.69 Å². The third-order valence-corrected chi connectivity index (χ3v) is 5.87. The number of hydrogen-bond acceptors (Lipinski definition) is 4. The van der Waals surface area contributed by atoms with Crippen molar-refractivity contribution < 1.29 is 8.42 Å². The van der Waals surface area contributed by atoms with Crippen LogP contribution in [0.25, 0.3) is 11.0 Å². The number of nitrogens with one attached hydrogen (secondary N) is 1. The molecule has 0 aliphatic heterocycles. The molecule has 0 amide bonds. The van der Waals surface area contributed by atoms with Crippen molar-refractivity contribution in [2.24, 2.45) is 14.1 Å². The summed E-state index contributed by atoms with van der Waals surface area (Å²) in [5.74, 6) is 0. The number of aromatic nitrogens is 2. The summed E-state index contributed by atoms with van der Waals surface area (Å²) in [6.45, 7) is 0. The molecule has 26 heavy (non-hydrogen) atoms. The summed E-state index contributed by atoms with van der Waals surface area (Å²) in [4.78, 5) is 14.1. The molecule has 3 rings (SSSR count). The first-order valence-corrected chi connectivity index (χ1v) is 9.63. The van der Waals surface area contributed by atoms with Gasteiger partial charge < -0.3 is 4.90 Å².